The van der Waals surface area contributed by atoms with Crippen LogP contribution < -0.4 is 21.4 Å². The summed E-state index contributed by atoms with van der Waals surface area (Å²) < 4.78 is 11.8. The Morgan fingerprint density at radius 2 is 0.705 bits per heavy atom. The van der Waals surface area contributed by atoms with Crippen molar-refractivity contribution in [3.05, 3.63) is 272 Å². The summed E-state index contributed by atoms with van der Waals surface area (Å²) in [5.41, 5.74) is 7.02. The van der Waals surface area contributed by atoms with Gasteiger partial charge in [0.05, 0.1) is 0 Å². The molecule has 0 unspecified atom stereocenters. The highest BCUT2D eigenvalue weighted by Crippen LogP contribution is 2.44. The van der Waals surface area contributed by atoms with Crippen LogP contribution in [0.1, 0.15) is 5.56 Å². The number of fused-ring (bicyclic) bond motifs is 9. The highest BCUT2D eigenvalue weighted by atomic mass is 79.9. The first-order chi connectivity index (χ1) is 38.1. The van der Waals surface area contributed by atoms with Gasteiger partial charge in [0.15, 0.2) is 0 Å². The minimum absolute atomic E-state index is 0.467. The third kappa shape index (κ3) is 12.0. The second-order valence-corrected chi connectivity index (χ2v) is 27.4. The average molecular weight is 1340 g/mol. The summed E-state index contributed by atoms with van der Waals surface area (Å²) in [5, 5.41) is 30.5. The largest absolute Gasteiger partial charge is 0.489 e. The summed E-state index contributed by atoms with van der Waals surface area (Å²) >= 11 is 19.2. The summed E-state index contributed by atoms with van der Waals surface area (Å²) in [6.07, 6.45) is 0. The SMILES string of the molecule is Brc1cc(-c2cccc3c2sc2ccccc23)cc(-c2cccc3c2sc2ccccc23)c1.Brc1cc(Br)cc(Br)c1.Cc1ccccc1P(c1ccccc1)c1ccccc1.OB(O)c1cccc2c1sc1ccccc12. The average Bonchev–Trinajstić information content (AvgIpc) is 4.30. The zero-order chi connectivity index (χ0) is 53.7. The number of benzene rings is 11. The fraction of sp³-hybridized carbons (Fsp3) is 0.0149. The molecule has 380 valence electrons. The van der Waals surface area contributed by atoms with Crippen LogP contribution in [0.5, 0.6) is 0 Å². The van der Waals surface area contributed by atoms with Crippen molar-refractivity contribution in [3.63, 3.8) is 0 Å². The van der Waals surface area contributed by atoms with Gasteiger partial charge in [0, 0.05) is 73.0 Å². The maximum atomic E-state index is 9.31. The Morgan fingerprint density at radius 1 is 0.346 bits per heavy atom. The molecule has 0 atom stereocenters. The van der Waals surface area contributed by atoms with Gasteiger partial charge in [-0.2, -0.15) is 0 Å². The standard InChI is InChI=1S/C30H17BrS2.C19H17P.C12H9BO2S.C6H3Br3/c31-20-16-18(21-9-5-11-25-23-7-1-3-13-27(23)32-29(21)25)15-19(17-20)22-10-6-12-26-24-8-2-4-14-28(24)33-30(22)26;1-16-10-8-9-15-19(16)20(17-11-4-2-5-12-17)18-13-6-3-7-14-18;14-13(15)10-6-3-5-9-8-4-1-2-7-11(8)16-12(9)10;7-4-1-5(8)3-6(9)2-4/h1-17H;2-15H,1H3;1-7,14-15H;1-3H. The fourth-order valence-electron chi connectivity index (χ4n) is 9.74. The first-order valence-corrected chi connectivity index (χ1v) is 32.0. The van der Waals surface area contributed by atoms with E-state index in [1.165, 1.54) is 94.2 Å². The first kappa shape index (κ1) is 54.4. The molecule has 0 saturated heterocycles. The molecule has 0 bridgehead atoms. The highest BCUT2D eigenvalue weighted by Gasteiger charge is 2.19. The van der Waals surface area contributed by atoms with Crippen molar-refractivity contribution >= 4 is 195 Å². The molecule has 0 fully saturated rings. The lowest BCUT2D eigenvalue weighted by molar-refractivity contribution is 0.426. The molecule has 14 rings (SSSR count). The van der Waals surface area contributed by atoms with E-state index in [-0.39, 0.29) is 0 Å². The smallest absolute Gasteiger partial charge is 0.423 e. The van der Waals surface area contributed by atoms with Gasteiger partial charge < -0.3 is 10.0 Å². The maximum absolute atomic E-state index is 9.31. The number of rotatable bonds is 6. The normalized spacial score (nSPS) is 11.1. The van der Waals surface area contributed by atoms with Crippen LogP contribution in [-0.4, -0.2) is 17.2 Å². The number of hydrogen-bond donors (Lipinski definition) is 2. The molecule has 11 heteroatoms. The van der Waals surface area contributed by atoms with E-state index >= 15 is 0 Å². The lowest BCUT2D eigenvalue weighted by Crippen LogP contribution is -2.29. The van der Waals surface area contributed by atoms with Crippen LogP contribution in [0.25, 0.3) is 82.8 Å². The number of thiophene rings is 3. The zero-order valence-electron chi connectivity index (χ0n) is 41.8. The van der Waals surface area contributed by atoms with Crippen molar-refractivity contribution in [1.29, 1.82) is 0 Å². The summed E-state index contributed by atoms with van der Waals surface area (Å²) in [6, 6.07) is 87.7. The maximum Gasteiger partial charge on any atom is 0.489 e. The van der Waals surface area contributed by atoms with E-state index in [1.807, 2.05) is 71.2 Å². The molecule has 0 spiro atoms. The Hall–Kier alpha value is -5.59. The number of halogens is 4. The van der Waals surface area contributed by atoms with Crippen molar-refractivity contribution in [3.8, 4) is 22.3 Å². The lowest BCUT2D eigenvalue weighted by Gasteiger charge is -2.21. The van der Waals surface area contributed by atoms with Crippen molar-refractivity contribution in [2.75, 3.05) is 0 Å². The van der Waals surface area contributed by atoms with Gasteiger partial charge in [-0.25, -0.2) is 0 Å². The van der Waals surface area contributed by atoms with E-state index in [0.29, 0.717) is 5.46 Å². The van der Waals surface area contributed by atoms with Crippen molar-refractivity contribution in [2.45, 2.75) is 6.92 Å². The second-order valence-electron chi connectivity index (χ2n) is 18.4. The van der Waals surface area contributed by atoms with E-state index < -0.39 is 15.0 Å². The lowest BCUT2D eigenvalue weighted by atomic mass is 9.80. The molecule has 0 radical (unpaired) electrons. The topological polar surface area (TPSA) is 40.5 Å². The molecule has 11 aromatic carbocycles. The summed E-state index contributed by atoms with van der Waals surface area (Å²) in [5.74, 6) is 0. The van der Waals surface area contributed by atoms with Crippen LogP contribution >= 0.6 is 106 Å². The van der Waals surface area contributed by atoms with Crippen LogP contribution in [0.3, 0.4) is 0 Å². The Bertz CT molecular complexity index is 4190. The minimum Gasteiger partial charge on any atom is -0.423 e. The van der Waals surface area contributed by atoms with Gasteiger partial charge in [0.25, 0.3) is 0 Å². The number of aryl methyl sites for hydroxylation is 1. The molecular weight excluding hydrogens is 1290 g/mol. The van der Waals surface area contributed by atoms with Crippen LogP contribution in [0.2, 0.25) is 0 Å². The van der Waals surface area contributed by atoms with Crippen molar-refractivity contribution < 1.29 is 10.0 Å². The fourth-order valence-corrected chi connectivity index (χ4v) is 18.8. The Morgan fingerprint density at radius 3 is 1.15 bits per heavy atom. The van der Waals surface area contributed by atoms with E-state index in [2.05, 4.69) is 265 Å². The molecule has 0 saturated carbocycles. The van der Waals surface area contributed by atoms with E-state index in [1.54, 1.807) is 17.4 Å². The number of hydrogen-bond acceptors (Lipinski definition) is 5. The molecule has 0 aliphatic heterocycles. The molecule has 2 nitrogen and oxygen atoms in total. The third-order valence-corrected chi connectivity index (χ3v) is 21.4. The molecule has 78 heavy (non-hydrogen) atoms. The zero-order valence-corrected chi connectivity index (χ0v) is 51.5. The minimum atomic E-state index is -1.41. The Labute approximate surface area is 501 Å². The van der Waals surface area contributed by atoms with Crippen LogP contribution in [0.15, 0.2) is 267 Å². The molecule has 0 amide bonds. The monoisotopic (exact) mass is 1340 g/mol. The Kier molecular flexibility index (Phi) is 17.3. The highest BCUT2D eigenvalue weighted by molar-refractivity contribution is 9.11. The third-order valence-electron chi connectivity index (χ3n) is 13.3. The predicted molar refractivity (Wildman–Crippen MR) is 359 cm³/mol. The molecule has 3 aromatic heterocycles. The second kappa shape index (κ2) is 24.8. The molecule has 14 aromatic rings. The van der Waals surface area contributed by atoms with E-state index in [9.17, 15) is 10.0 Å². The van der Waals surface area contributed by atoms with Crippen molar-refractivity contribution in [1.82, 2.24) is 0 Å². The quantitative estimate of drug-likeness (QED) is 0.129. The van der Waals surface area contributed by atoms with Gasteiger partial charge in [0.2, 0.25) is 0 Å². The van der Waals surface area contributed by atoms with Gasteiger partial charge in [0.1, 0.15) is 0 Å². The van der Waals surface area contributed by atoms with Crippen LogP contribution in [-0.2, 0) is 0 Å². The van der Waals surface area contributed by atoms with Gasteiger partial charge in [-0.1, -0.05) is 258 Å². The Balaban J connectivity index is 0.000000122. The van der Waals surface area contributed by atoms with Crippen LogP contribution in [0.4, 0.5) is 0 Å². The van der Waals surface area contributed by atoms with Crippen LogP contribution in [0, 0.1) is 6.92 Å². The molecular formula is C67H46BBr4O2PS3. The molecule has 2 N–H and O–H groups in total. The van der Waals surface area contributed by atoms with Gasteiger partial charge in [-0.3, -0.25) is 0 Å². The van der Waals surface area contributed by atoms with Gasteiger partial charge in [-0.05, 0) is 124 Å². The molecule has 0 aliphatic rings. The van der Waals surface area contributed by atoms with E-state index in [4.69, 9.17) is 0 Å². The summed E-state index contributed by atoms with van der Waals surface area (Å²) in [4.78, 5) is 0. The predicted octanol–water partition coefficient (Wildman–Crippen LogP) is 20.0. The first-order valence-electron chi connectivity index (χ1n) is 25.0. The molecule has 3 heterocycles. The summed E-state index contributed by atoms with van der Waals surface area (Å²) in [6.45, 7) is 2.20. The van der Waals surface area contributed by atoms with Gasteiger partial charge >= 0.3 is 7.12 Å². The van der Waals surface area contributed by atoms with E-state index in [0.717, 1.165) is 28.0 Å². The molecule has 0 aliphatic carbocycles. The van der Waals surface area contributed by atoms with Crippen molar-refractivity contribution in [2.24, 2.45) is 0 Å². The summed E-state index contributed by atoms with van der Waals surface area (Å²) in [7, 11) is -1.87. The van der Waals surface area contributed by atoms with Gasteiger partial charge in [-0.15, -0.1) is 34.0 Å².